The number of aromatic nitrogens is 1. The van der Waals surface area contributed by atoms with Gasteiger partial charge in [-0.3, -0.25) is 0 Å². The summed E-state index contributed by atoms with van der Waals surface area (Å²) in [6.07, 6.45) is 10.8. The van der Waals surface area contributed by atoms with E-state index in [-0.39, 0.29) is 5.92 Å². The number of nitrogens with zero attached hydrogens (tertiary/aromatic N) is 1. The molecule has 2 aliphatic carbocycles. The Morgan fingerprint density at radius 3 is 2.11 bits per heavy atom. The summed E-state index contributed by atoms with van der Waals surface area (Å²) in [6, 6.07) is 5.21. The molecule has 0 bridgehead atoms. The fraction of sp³-hybridized carbons (Fsp3) is 0.773. The van der Waals surface area contributed by atoms with Gasteiger partial charge in [0.15, 0.2) is 0 Å². The molecule has 2 saturated carbocycles. The number of pyridine rings is 1. The summed E-state index contributed by atoms with van der Waals surface area (Å²) in [6.45, 7) is 2.27. The van der Waals surface area contributed by atoms with Gasteiger partial charge in [0, 0.05) is 6.20 Å². The smallest absolute Gasteiger partial charge is 0.249 e. The van der Waals surface area contributed by atoms with Crippen molar-refractivity contribution in [3.8, 4) is 0 Å². The molecule has 1 nitrogen and oxygen atoms in total. The molecule has 28 heavy (non-hydrogen) atoms. The summed E-state index contributed by atoms with van der Waals surface area (Å²) < 4.78 is 28.1. The number of alkyl halides is 2. The maximum atomic E-state index is 14.1. The van der Waals surface area contributed by atoms with E-state index in [0.717, 1.165) is 37.5 Å². The molecule has 160 valence electrons. The minimum atomic E-state index is -2.67. The number of hydrogen-bond donors (Lipinski definition) is 0. The summed E-state index contributed by atoms with van der Waals surface area (Å²) in [5.74, 6) is 2.29. The minimum absolute atomic E-state index is 0.111. The molecule has 0 aliphatic heterocycles. The van der Waals surface area contributed by atoms with Crippen molar-refractivity contribution in [1.29, 1.82) is 0 Å². The molecular formula is C22H33Cl2F2NS. The van der Waals surface area contributed by atoms with Crippen LogP contribution in [0.4, 0.5) is 8.78 Å². The van der Waals surface area contributed by atoms with Gasteiger partial charge in [-0.25, -0.2) is 13.8 Å². The largest absolute Gasteiger partial charge is 0.251 e. The van der Waals surface area contributed by atoms with E-state index < -0.39 is 20.1 Å². The predicted octanol–water partition coefficient (Wildman–Crippen LogP) is 8.60. The summed E-state index contributed by atoms with van der Waals surface area (Å²) in [4.78, 5) is 4.20. The van der Waals surface area contributed by atoms with E-state index in [2.05, 4.69) is 11.9 Å². The van der Waals surface area contributed by atoms with E-state index in [1.165, 1.54) is 38.5 Å². The van der Waals surface area contributed by atoms with Gasteiger partial charge in [0.1, 0.15) is 5.03 Å². The molecule has 6 heteroatoms. The Morgan fingerprint density at radius 1 is 1.00 bits per heavy atom. The van der Waals surface area contributed by atoms with Crippen LogP contribution in [-0.4, -0.2) is 16.7 Å². The third-order valence-corrected chi connectivity index (χ3v) is 11.3. The Kier molecular flexibility index (Phi) is 8.33. The van der Waals surface area contributed by atoms with Crippen molar-refractivity contribution in [3.63, 3.8) is 0 Å². The van der Waals surface area contributed by atoms with Crippen LogP contribution in [0.5, 0.6) is 0 Å². The van der Waals surface area contributed by atoms with E-state index in [4.69, 9.17) is 21.4 Å². The summed E-state index contributed by atoms with van der Waals surface area (Å²) in [7, 11) is 10.5. The van der Waals surface area contributed by atoms with Gasteiger partial charge in [-0.15, -0.1) is 0 Å². The topological polar surface area (TPSA) is 12.9 Å². The van der Waals surface area contributed by atoms with Gasteiger partial charge in [0.2, 0.25) is 0 Å². The molecule has 0 aromatic carbocycles. The highest BCUT2D eigenvalue weighted by Crippen LogP contribution is 2.71. The van der Waals surface area contributed by atoms with E-state index >= 15 is 0 Å². The van der Waals surface area contributed by atoms with Crippen LogP contribution in [-0.2, 0) is 0 Å². The second-order valence-corrected chi connectivity index (χ2v) is 14.1. The van der Waals surface area contributed by atoms with E-state index in [0.29, 0.717) is 10.9 Å². The molecule has 0 saturated heterocycles. The molecule has 0 N–H and O–H groups in total. The number of rotatable bonds is 7. The zero-order valence-electron chi connectivity index (χ0n) is 16.7. The van der Waals surface area contributed by atoms with Gasteiger partial charge in [0.05, 0.1) is 5.25 Å². The zero-order chi connectivity index (χ0) is 20.1. The highest BCUT2D eigenvalue weighted by atomic mass is 36.0. The normalized spacial score (nSPS) is 30.9. The molecule has 2 fully saturated rings. The fourth-order valence-electron chi connectivity index (χ4n) is 5.53. The van der Waals surface area contributed by atoms with E-state index in [1.807, 2.05) is 0 Å². The van der Waals surface area contributed by atoms with Gasteiger partial charge in [0.25, 0.3) is 6.43 Å². The van der Waals surface area contributed by atoms with Crippen molar-refractivity contribution < 1.29 is 8.78 Å². The van der Waals surface area contributed by atoms with Crippen molar-refractivity contribution >= 4 is 29.8 Å². The Morgan fingerprint density at radius 2 is 1.61 bits per heavy atom. The average Bonchev–Trinajstić information content (AvgIpc) is 2.70. The summed E-state index contributed by atoms with van der Waals surface area (Å²) in [5, 5.41) is -0.577. The fourth-order valence-corrected chi connectivity index (χ4v) is 9.17. The van der Waals surface area contributed by atoms with Crippen LogP contribution in [0.25, 0.3) is 0 Å². The molecular weight excluding hydrogens is 419 g/mol. The lowest BCUT2D eigenvalue weighted by Gasteiger charge is -2.43. The van der Waals surface area contributed by atoms with Crippen molar-refractivity contribution in [2.45, 2.75) is 87.8 Å². The average molecular weight is 452 g/mol. The number of halogens is 4. The van der Waals surface area contributed by atoms with Crippen LogP contribution < -0.4 is 0 Å². The van der Waals surface area contributed by atoms with E-state index in [9.17, 15) is 8.78 Å². The lowest BCUT2D eigenvalue weighted by molar-refractivity contribution is 0.0897. The molecule has 1 atom stereocenters. The lowest BCUT2D eigenvalue weighted by Crippen LogP contribution is -2.35. The van der Waals surface area contributed by atoms with Crippen LogP contribution in [0, 0.1) is 23.7 Å². The first-order valence-corrected chi connectivity index (χ1v) is 14.2. The van der Waals surface area contributed by atoms with Gasteiger partial charge >= 0.3 is 0 Å². The molecule has 3 rings (SSSR count). The van der Waals surface area contributed by atoms with Crippen LogP contribution in [0.2, 0.25) is 0 Å². The third-order valence-electron chi connectivity index (χ3n) is 7.04. The van der Waals surface area contributed by atoms with Crippen molar-refractivity contribution in [2.24, 2.45) is 23.7 Å². The Balaban J connectivity index is 1.59. The van der Waals surface area contributed by atoms with Gasteiger partial charge in [-0.2, -0.15) is 0 Å². The van der Waals surface area contributed by atoms with Crippen molar-refractivity contribution in [3.05, 3.63) is 24.4 Å². The number of hydrogen-bond acceptors (Lipinski definition) is 1. The van der Waals surface area contributed by atoms with Crippen LogP contribution in [0.3, 0.4) is 0 Å². The highest BCUT2D eigenvalue weighted by molar-refractivity contribution is 8.66. The molecule has 1 aromatic rings. The van der Waals surface area contributed by atoms with E-state index in [1.54, 1.807) is 24.4 Å². The second-order valence-electron chi connectivity index (χ2n) is 8.72. The quantitative estimate of drug-likeness (QED) is 0.404. The van der Waals surface area contributed by atoms with Crippen molar-refractivity contribution in [1.82, 2.24) is 4.98 Å². The van der Waals surface area contributed by atoms with Crippen molar-refractivity contribution in [2.75, 3.05) is 0 Å². The Labute approximate surface area is 179 Å². The SMILES string of the molecule is CCCC1CCC(C2CCC(C(C(F)F)S(Cl)(Cl)c3ccccn3)CC2)CC1. The Bertz CT molecular complexity index is 585. The Hall–Kier alpha value is -0.0600. The molecule has 2 aliphatic rings. The highest BCUT2D eigenvalue weighted by Gasteiger charge is 2.46. The molecule has 1 heterocycles. The van der Waals surface area contributed by atoms with Crippen LogP contribution in [0.15, 0.2) is 29.4 Å². The molecule has 0 spiro atoms. The second kappa shape index (κ2) is 10.3. The maximum Gasteiger partial charge on any atom is 0.251 e. The summed E-state index contributed by atoms with van der Waals surface area (Å²) >= 11 is 0. The van der Waals surface area contributed by atoms with Crippen LogP contribution in [0.1, 0.15) is 71.1 Å². The van der Waals surface area contributed by atoms with Gasteiger partial charge < -0.3 is 0 Å². The van der Waals surface area contributed by atoms with Crippen LogP contribution >= 0.6 is 29.8 Å². The molecule has 1 aromatic heterocycles. The minimum Gasteiger partial charge on any atom is -0.249 e. The summed E-state index contributed by atoms with van der Waals surface area (Å²) in [5.41, 5.74) is 0. The third kappa shape index (κ3) is 5.35. The van der Waals surface area contributed by atoms with Gasteiger partial charge in [-0.1, -0.05) is 38.7 Å². The van der Waals surface area contributed by atoms with Gasteiger partial charge in [-0.05, 0) is 104 Å². The molecule has 0 amide bonds. The maximum absolute atomic E-state index is 14.1. The standard InChI is InChI=1S/C22H33Cl2F2NS/c1-2-5-16-7-9-17(10-8-16)18-11-13-19(14-12-18)21(22(25)26)28(23,24)20-6-3-4-15-27-20/h3-4,6,15-19,21-22H,2,5,7-14H2,1H3. The first kappa shape index (κ1) is 22.6. The zero-order valence-corrected chi connectivity index (χ0v) is 19.0. The lowest BCUT2D eigenvalue weighted by atomic mass is 9.68. The molecule has 0 radical (unpaired) electrons. The molecule has 1 unspecified atom stereocenters. The predicted molar refractivity (Wildman–Crippen MR) is 117 cm³/mol. The monoisotopic (exact) mass is 451 g/mol. The first-order valence-electron chi connectivity index (χ1n) is 10.8. The first-order chi connectivity index (χ1) is 13.4.